The van der Waals surface area contributed by atoms with Gasteiger partial charge in [0, 0.05) is 12.0 Å². The molecule has 2 amide bonds. The largest absolute Gasteiger partial charge is 0.497 e. The minimum atomic E-state index is -1.49. The number of benzene rings is 3. The van der Waals surface area contributed by atoms with E-state index in [1.54, 1.807) is 0 Å². The van der Waals surface area contributed by atoms with Crippen LogP contribution in [0.5, 0.6) is 5.75 Å². The van der Waals surface area contributed by atoms with Gasteiger partial charge in [0.25, 0.3) is 5.91 Å². The number of carbonyl (C=O) groups excluding carboxylic acids is 2. The average Bonchev–Trinajstić information content (AvgIpc) is 3.19. The number of methoxy groups -OCH3 is 1. The molecule has 0 saturated carbocycles. The molecule has 0 radical (unpaired) electrons. The van der Waals surface area contributed by atoms with Gasteiger partial charge in [-0.1, -0.05) is 48.5 Å². The predicted molar refractivity (Wildman–Crippen MR) is 128 cm³/mol. The second kappa shape index (κ2) is 10.3. The van der Waals surface area contributed by atoms with Crippen molar-refractivity contribution >= 4 is 23.7 Å². The summed E-state index contributed by atoms with van der Waals surface area (Å²) >= 11 is 0. The number of carboxylic acids is 1. The monoisotopic (exact) mass is 476 g/mol. The quantitative estimate of drug-likeness (QED) is 0.392. The van der Waals surface area contributed by atoms with E-state index in [1.165, 1.54) is 25.3 Å². The van der Waals surface area contributed by atoms with Crippen LogP contribution in [0.1, 0.15) is 27.4 Å². The van der Waals surface area contributed by atoms with Gasteiger partial charge >= 0.3 is 12.1 Å². The van der Waals surface area contributed by atoms with Crippen molar-refractivity contribution in [3.05, 3.63) is 83.4 Å². The molecule has 35 heavy (non-hydrogen) atoms. The lowest BCUT2D eigenvalue weighted by atomic mass is 9.98. The first-order chi connectivity index (χ1) is 16.9. The fourth-order valence-electron chi connectivity index (χ4n) is 4.12. The van der Waals surface area contributed by atoms with E-state index in [0.717, 1.165) is 22.3 Å². The van der Waals surface area contributed by atoms with Crippen LogP contribution in [0.15, 0.2) is 66.7 Å². The van der Waals surface area contributed by atoms with Crippen LogP contribution in [0.25, 0.3) is 11.1 Å². The molecule has 3 aromatic rings. The minimum Gasteiger partial charge on any atom is -0.497 e. The maximum absolute atomic E-state index is 12.7. The van der Waals surface area contributed by atoms with Crippen LogP contribution in [-0.2, 0) is 9.53 Å². The van der Waals surface area contributed by atoms with Crippen molar-refractivity contribution in [2.75, 3.05) is 25.6 Å². The van der Waals surface area contributed by atoms with Crippen molar-refractivity contribution in [3.63, 3.8) is 0 Å². The Morgan fingerprint density at radius 2 is 1.60 bits per heavy atom. The highest BCUT2D eigenvalue weighted by atomic mass is 16.5. The van der Waals surface area contributed by atoms with Crippen molar-refractivity contribution < 1.29 is 34.1 Å². The van der Waals surface area contributed by atoms with E-state index < -0.39 is 30.6 Å². The van der Waals surface area contributed by atoms with Gasteiger partial charge in [0.15, 0.2) is 6.04 Å². The standard InChI is InChI=1S/C26H24N2O7/c1-34-15-10-11-20(24(30)27-23(13-29)25(31)32)22(12-15)28-26(33)35-14-21-18-8-4-2-6-16(18)17-7-3-5-9-19(17)21/h2-12,21,23,29H,13-14H2,1H3,(H,27,30)(H,28,33)(H,31,32). The summed E-state index contributed by atoms with van der Waals surface area (Å²) in [4.78, 5) is 36.5. The lowest BCUT2D eigenvalue weighted by molar-refractivity contribution is -0.140. The Balaban J connectivity index is 1.50. The molecular weight excluding hydrogens is 452 g/mol. The summed E-state index contributed by atoms with van der Waals surface area (Å²) in [5.41, 5.74) is 4.37. The Labute approximate surface area is 201 Å². The molecule has 1 aliphatic carbocycles. The van der Waals surface area contributed by atoms with Crippen LogP contribution in [0.2, 0.25) is 0 Å². The smallest absolute Gasteiger partial charge is 0.411 e. The molecule has 1 aliphatic rings. The highest BCUT2D eigenvalue weighted by Crippen LogP contribution is 2.44. The number of amides is 2. The van der Waals surface area contributed by atoms with E-state index in [9.17, 15) is 19.5 Å². The first-order valence-electron chi connectivity index (χ1n) is 10.9. The van der Waals surface area contributed by atoms with Gasteiger partial charge in [-0.15, -0.1) is 0 Å². The van der Waals surface area contributed by atoms with Gasteiger partial charge < -0.3 is 25.0 Å². The fraction of sp³-hybridized carbons (Fsp3) is 0.192. The van der Waals surface area contributed by atoms with E-state index in [0.29, 0.717) is 5.75 Å². The second-order valence-electron chi connectivity index (χ2n) is 7.91. The van der Waals surface area contributed by atoms with E-state index in [2.05, 4.69) is 10.6 Å². The summed E-state index contributed by atoms with van der Waals surface area (Å²) in [6.07, 6.45) is -0.786. The number of hydrogen-bond acceptors (Lipinski definition) is 6. The summed E-state index contributed by atoms with van der Waals surface area (Å²) in [6.45, 7) is -0.705. The molecule has 1 atom stereocenters. The van der Waals surface area contributed by atoms with Crippen LogP contribution in [0, 0.1) is 0 Å². The van der Waals surface area contributed by atoms with Gasteiger partial charge in [0.2, 0.25) is 0 Å². The second-order valence-corrected chi connectivity index (χ2v) is 7.91. The summed E-state index contributed by atoms with van der Waals surface area (Å²) in [5, 5.41) is 23.0. The Kier molecular flexibility index (Phi) is 6.98. The van der Waals surface area contributed by atoms with Crippen LogP contribution in [-0.4, -0.2) is 54.5 Å². The maximum Gasteiger partial charge on any atom is 0.411 e. The van der Waals surface area contributed by atoms with Crippen molar-refractivity contribution in [2.24, 2.45) is 0 Å². The number of carboxylic acid groups (broad SMARTS) is 1. The van der Waals surface area contributed by atoms with Gasteiger partial charge in [-0.3, -0.25) is 10.1 Å². The molecule has 1 unspecified atom stereocenters. The number of anilines is 1. The van der Waals surface area contributed by atoms with E-state index in [1.807, 2.05) is 48.5 Å². The van der Waals surface area contributed by atoms with Crippen LogP contribution in [0.4, 0.5) is 10.5 Å². The van der Waals surface area contributed by atoms with Crippen LogP contribution in [0.3, 0.4) is 0 Å². The van der Waals surface area contributed by atoms with Gasteiger partial charge in [-0.25, -0.2) is 9.59 Å². The normalized spacial score (nSPS) is 12.7. The molecule has 0 aromatic heterocycles. The number of aliphatic carboxylic acids is 1. The van der Waals surface area contributed by atoms with Gasteiger partial charge in [-0.05, 0) is 34.4 Å². The third kappa shape index (κ3) is 4.95. The maximum atomic E-state index is 12.7. The Morgan fingerprint density at radius 1 is 0.971 bits per heavy atom. The molecule has 0 saturated heterocycles. The lowest BCUT2D eigenvalue weighted by Crippen LogP contribution is -2.43. The van der Waals surface area contributed by atoms with E-state index in [-0.39, 0.29) is 23.8 Å². The van der Waals surface area contributed by atoms with Crippen molar-refractivity contribution in [1.82, 2.24) is 5.32 Å². The third-order valence-corrected chi connectivity index (χ3v) is 5.84. The summed E-state index contributed by atoms with van der Waals surface area (Å²) in [7, 11) is 1.43. The van der Waals surface area contributed by atoms with Gasteiger partial charge in [0.05, 0.1) is 25.0 Å². The van der Waals surface area contributed by atoms with E-state index >= 15 is 0 Å². The van der Waals surface area contributed by atoms with Crippen molar-refractivity contribution in [3.8, 4) is 16.9 Å². The number of ether oxygens (including phenoxy) is 2. The number of nitrogens with one attached hydrogen (secondary N) is 2. The Bertz CT molecular complexity index is 1230. The number of hydrogen-bond donors (Lipinski definition) is 4. The minimum absolute atomic E-state index is 0.0148. The zero-order valence-corrected chi connectivity index (χ0v) is 18.9. The SMILES string of the molecule is COc1ccc(C(=O)NC(CO)C(=O)O)c(NC(=O)OCC2c3ccccc3-c3ccccc32)c1. The summed E-state index contributed by atoms with van der Waals surface area (Å²) < 4.78 is 10.7. The van der Waals surface area contributed by atoms with Crippen molar-refractivity contribution in [1.29, 1.82) is 0 Å². The third-order valence-electron chi connectivity index (χ3n) is 5.84. The predicted octanol–water partition coefficient (Wildman–Crippen LogP) is 3.23. The molecule has 180 valence electrons. The van der Waals surface area contributed by atoms with Crippen LogP contribution >= 0.6 is 0 Å². The molecule has 0 spiro atoms. The van der Waals surface area contributed by atoms with Gasteiger partial charge in [0.1, 0.15) is 12.4 Å². The molecule has 4 N–H and O–H groups in total. The molecule has 0 heterocycles. The molecule has 3 aromatic carbocycles. The summed E-state index contributed by atoms with van der Waals surface area (Å²) in [6, 6.07) is 18.7. The molecule has 0 bridgehead atoms. The van der Waals surface area contributed by atoms with Crippen molar-refractivity contribution in [2.45, 2.75) is 12.0 Å². The molecular formula is C26H24N2O7. The molecule has 9 nitrogen and oxygen atoms in total. The number of carbonyl (C=O) groups is 3. The molecule has 9 heteroatoms. The topological polar surface area (TPSA) is 134 Å². The number of aliphatic hydroxyl groups excluding tert-OH is 1. The molecule has 0 fully saturated rings. The number of fused-ring (bicyclic) bond motifs is 3. The summed E-state index contributed by atoms with van der Waals surface area (Å²) in [5.74, 6) is -1.95. The zero-order chi connectivity index (χ0) is 24.9. The first kappa shape index (κ1) is 23.8. The van der Waals surface area contributed by atoms with Crippen LogP contribution < -0.4 is 15.4 Å². The Morgan fingerprint density at radius 3 is 2.17 bits per heavy atom. The Hall–Kier alpha value is -4.37. The first-order valence-corrected chi connectivity index (χ1v) is 10.9. The molecule has 0 aliphatic heterocycles. The highest BCUT2D eigenvalue weighted by molar-refractivity contribution is 6.04. The zero-order valence-electron chi connectivity index (χ0n) is 18.9. The number of aliphatic hydroxyl groups is 1. The highest BCUT2D eigenvalue weighted by Gasteiger charge is 2.29. The number of rotatable bonds is 8. The van der Waals surface area contributed by atoms with Gasteiger partial charge in [-0.2, -0.15) is 0 Å². The fourth-order valence-corrected chi connectivity index (χ4v) is 4.12. The molecule has 4 rings (SSSR count). The average molecular weight is 476 g/mol. The lowest BCUT2D eigenvalue weighted by Gasteiger charge is -2.17. The van der Waals surface area contributed by atoms with E-state index in [4.69, 9.17) is 14.6 Å².